The largest absolute Gasteiger partial charge is 0.320 e. The van der Waals surface area contributed by atoms with Crippen molar-refractivity contribution in [3.8, 4) is 0 Å². The molecule has 0 spiro atoms. The van der Waals surface area contributed by atoms with Crippen molar-refractivity contribution in [2.45, 2.75) is 19.5 Å². The molecule has 1 aromatic heterocycles. The zero-order valence-electron chi connectivity index (χ0n) is 8.77. The van der Waals surface area contributed by atoms with Gasteiger partial charge in [-0.1, -0.05) is 0 Å². The van der Waals surface area contributed by atoms with Crippen molar-refractivity contribution in [2.24, 2.45) is 7.05 Å². The van der Waals surface area contributed by atoms with Crippen molar-refractivity contribution in [1.29, 1.82) is 0 Å². The van der Waals surface area contributed by atoms with Crippen LogP contribution in [0.5, 0.6) is 0 Å². The number of nitrogens with zero attached hydrogens (tertiary/aromatic N) is 4. The highest BCUT2D eigenvalue weighted by atomic mass is 15.3. The van der Waals surface area contributed by atoms with Crippen molar-refractivity contribution in [2.75, 3.05) is 19.6 Å². The summed E-state index contributed by atoms with van der Waals surface area (Å²) in [6.45, 7) is 6.37. The van der Waals surface area contributed by atoms with Gasteiger partial charge in [0, 0.05) is 32.7 Å². The van der Waals surface area contributed by atoms with Crippen molar-refractivity contribution in [1.82, 2.24) is 25.0 Å². The van der Waals surface area contributed by atoms with Crippen molar-refractivity contribution >= 4 is 0 Å². The highest BCUT2D eigenvalue weighted by Gasteiger charge is 2.16. The molecule has 1 aromatic rings. The van der Waals surface area contributed by atoms with Crippen LogP contribution >= 0.6 is 0 Å². The minimum atomic E-state index is 0.581. The Hall–Kier alpha value is -0.940. The summed E-state index contributed by atoms with van der Waals surface area (Å²) in [5.74, 6) is 1.04. The topological polar surface area (TPSA) is 46.0 Å². The zero-order valence-corrected chi connectivity index (χ0v) is 8.77. The molecule has 2 heterocycles. The molecule has 1 atom stereocenters. The second-order valence-corrected chi connectivity index (χ2v) is 3.95. The quantitative estimate of drug-likeness (QED) is 0.698. The Kier molecular flexibility index (Phi) is 2.79. The van der Waals surface area contributed by atoms with E-state index in [2.05, 4.69) is 27.3 Å². The van der Waals surface area contributed by atoms with Gasteiger partial charge in [-0.25, -0.2) is 0 Å². The molecule has 0 bridgehead atoms. The van der Waals surface area contributed by atoms with Crippen LogP contribution in [0.3, 0.4) is 0 Å². The first-order valence-electron chi connectivity index (χ1n) is 5.04. The molecule has 5 heteroatoms. The molecule has 0 saturated carbocycles. The molecule has 5 nitrogen and oxygen atoms in total. The first-order chi connectivity index (χ1) is 6.75. The van der Waals surface area contributed by atoms with Crippen LogP contribution in [0.15, 0.2) is 6.33 Å². The lowest BCUT2D eigenvalue weighted by Crippen LogP contribution is -2.48. The van der Waals surface area contributed by atoms with Crippen LogP contribution in [0.4, 0.5) is 0 Å². The summed E-state index contributed by atoms with van der Waals surface area (Å²) in [7, 11) is 1.99. The molecule has 0 aromatic carbocycles. The summed E-state index contributed by atoms with van der Waals surface area (Å²) in [5, 5.41) is 11.4. The van der Waals surface area contributed by atoms with E-state index in [-0.39, 0.29) is 0 Å². The van der Waals surface area contributed by atoms with E-state index >= 15 is 0 Å². The van der Waals surface area contributed by atoms with Crippen molar-refractivity contribution in [3.05, 3.63) is 12.2 Å². The number of piperazine rings is 1. The molecule has 1 aliphatic rings. The Bertz CT molecular complexity index is 295. The van der Waals surface area contributed by atoms with Gasteiger partial charge in [-0.15, -0.1) is 10.2 Å². The first kappa shape index (κ1) is 9.61. The summed E-state index contributed by atoms with van der Waals surface area (Å²) in [6.07, 6.45) is 1.75. The van der Waals surface area contributed by atoms with Gasteiger partial charge in [-0.05, 0) is 6.92 Å². The minimum Gasteiger partial charge on any atom is -0.320 e. The molecular formula is C9H17N5. The second-order valence-electron chi connectivity index (χ2n) is 3.95. The molecule has 1 saturated heterocycles. The lowest BCUT2D eigenvalue weighted by atomic mass is 10.2. The van der Waals surface area contributed by atoms with Crippen LogP contribution in [0.1, 0.15) is 12.7 Å². The number of rotatable bonds is 2. The monoisotopic (exact) mass is 195 g/mol. The molecule has 1 aliphatic heterocycles. The smallest absolute Gasteiger partial charge is 0.146 e. The third-order valence-corrected chi connectivity index (χ3v) is 2.62. The summed E-state index contributed by atoms with van der Waals surface area (Å²) < 4.78 is 1.98. The molecule has 2 rings (SSSR count). The molecule has 0 radical (unpaired) electrons. The number of aryl methyl sites for hydroxylation is 1. The van der Waals surface area contributed by atoms with Gasteiger partial charge < -0.3 is 9.88 Å². The summed E-state index contributed by atoms with van der Waals surface area (Å²) in [6, 6.07) is 0.581. The lowest BCUT2D eigenvalue weighted by Gasteiger charge is -2.31. The number of hydrogen-bond acceptors (Lipinski definition) is 4. The molecule has 1 fully saturated rings. The fourth-order valence-corrected chi connectivity index (χ4v) is 1.81. The van der Waals surface area contributed by atoms with Gasteiger partial charge in [0.2, 0.25) is 0 Å². The van der Waals surface area contributed by atoms with Crippen LogP contribution < -0.4 is 5.32 Å². The molecular weight excluding hydrogens is 178 g/mol. The van der Waals surface area contributed by atoms with Crippen molar-refractivity contribution in [3.63, 3.8) is 0 Å². The number of hydrogen-bond donors (Lipinski definition) is 1. The van der Waals surface area contributed by atoms with Gasteiger partial charge in [-0.2, -0.15) is 0 Å². The van der Waals surface area contributed by atoms with E-state index in [1.807, 2.05) is 11.6 Å². The normalized spacial score (nSPS) is 24.0. The van der Waals surface area contributed by atoms with E-state index in [1.165, 1.54) is 0 Å². The maximum absolute atomic E-state index is 4.09. The molecule has 78 valence electrons. The predicted molar refractivity (Wildman–Crippen MR) is 53.7 cm³/mol. The van der Waals surface area contributed by atoms with E-state index in [9.17, 15) is 0 Å². The SMILES string of the molecule is C[C@H]1CN(Cc2nncn2C)CCN1. The Balaban J connectivity index is 1.94. The summed E-state index contributed by atoms with van der Waals surface area (Å²) in [4.78, 5) is 2.41. The van der Waals surface area contributed by atoms with Gasteiger partial charge in [-0.3, -0.25) is 4.90 Å². The van der Waals surface area contributed by atoms with Crippen molar-refractivity contribution < 1.29 is 0 Å². The van der Waals surface area contributed by atoms with Gasteiger partial charge >= 0.3 is 0 Å². The van der Waals surface area contributed by atoms with Gasteiger partial charge in [0.05, 0.1) is 6.54 Å². The van der Waals surface area contributed by atoms with Gasteiger partial charge in [0.1, 0.15) is 12.2 Å². The van der Waals surface area contributed by atoms with Crippen LogP contribution in [0.25, 0.3) is 0 Å². The summed E-state index contributed by atoms with van der Waals surface area (Å²) >= 11 is 0. The Morgan fingerprint density at radius 3 is 3.14 bits per heavy atom. The molecule has 0 aliphatic carbocycles. The van der Waals surface area contributed by atoms with Crippen LogP contribution in [-0.2, 0) is 13.6 Å². The average Bonchev–Trinajstić information content (AvgIpc) is 2.52. The van der Waals surface area contributed by atoms with E-state index in [4.69, 9.17) is 0 Å². The zero-order chi connectivity index (χ0) is 9.97. The molecule has 14 heavy (non-hydrogen) atoms. The maximum Gasteiger partial charge on any atom is 0.146 e. The van der Waals surface area contributed by atoms with E-state index in [0.717, 1.165) is 32.0 Å². The number of aromatic nitrogens is 3. The van der Waals surface area contributed by atoms with E-state index in [1.54, 1.807) is 6.33 Å². The van der Waals surface area contributed by atoms with Crippen LogP contribution in [-0.4, -0.2) is 45.3 Å². The third kappa shape index (κ3) is 2.10. The first-order valence-corrected chi connectivity index (χ1v) is 5.04. The minimum absolute atomic E-state index is 0.581. The third-order valence-electron chi connectivity index (χ3n) is 2.62. The Morgan fingerprint density at radius 2 is 2.50 bits per heavy atom. The van der Waals surface area contributed by atoms with Crippen LogP contribution in [0, 0.1) is 0 Å². The lowest BCUT2D eigenvalue weighted by molar-refractivity contribution is 0.193. The highest BCUT2D eigenvalue weighted by molar-refractivity contribution is 4.86. The summed E-state index contributed by atoms with van der Waals surface area (Å²) in [5.41, 5.74) is 0. The van der Waals surface area contributed by atoms with E-state index in [0.29, 0.717) is 6.04 Å². The van der Waals surface area contributed by atoms with Crippen LogP contribution in [0.2, 0.25) is 0 Å². The Morgan fingerprint density at radius 1 is 1.64 bits per heavy atom. The average molecular weight is 195 g/mol. The molecule has 1 N–H and O–H groups in total. The fourth-order valence-electron chi connectivity index (χ4n) is 1.81. The second kappa shape index (κ2) is 4.06. The molecule has 0 amide bonds. The van der Waals surface area contributed by atoms with Gasteiger partial charge in [0.15, 0.2) is 0 Å². The Labute approximate surface area is 84.1 Å². The fraction of sp³-hybridized carbons (Fsp3) is 0.778. The maximum atomic E-state index is 4.09. The van der Waals surface area contributed by atoms with Gasteiger partial charge in [0.25, 0.3) is 0 Å². The van der Waals surface area contributed by atoms with E-state index < -0.39 is 0 Å². The standard InChI is InChI=1S/C9H17N5/c1-8-5-14(4-3-10-8)6-9-12-11-7-13(9)2/h7-8,10H,3-6H2,1-2H3/t8-/m0/s1. The highest BCUT2D eigenvalue weighted by Crippen LogP contribution is 2.03. The number of nitrogens with one attached hydrogen (secondary N) is 1. The predicted octanol–water partition coefficient (Wildman–Crippen LogP) is -0.391. The molecule has 0 unspecified atom stereocenters.